The van der Waals surface area contributed by atoms with E-state index in [2.05, 4.69) is 6.92 Å². The van der Waals surface area contributed by atoms with E-state index in [9.17, 15) is 4.79 Å². The Kier molecular flexibility index (Phi) is 4.37. The second-order valence-corrected chi connectivity index (χ2v) is 5.63. The lowest BCUT2D eigenvalue weighted by Gasteiger charge is -2.31. The quantitative estimate of drug-likeness (QED) is 0.903. The number of amides is 1. The highest BCUT2D eigenvalue weighted by molar-refractivity contribution is 7.14. The number of hydrogen-bond acceptors (Lipinski definition) is 4. The molecule has 0 spiro atoms. The van der Waals surface area contributed by atoms with Crippen LogP contribution in [0.3, 0.4) is 0 Å². The zero-order chi connectivity index (χ0) is 13.1. The van der Waals surface area contributed by atoms with E-state index in [0.29, 0.717) is 19.7 Å². The summed E-state index contributed by atoms with van der Waals surface area (Å²) in [6.07, 6.45) is 0.723. The molecule has 5 heteroatoms. The summed E-state index contributed by atoms with van der Waals surface area (Å²) in [4.78, 5) is 16.2. The van der Waals surface area contributed by atoms with Crippen LogP contribution in [-0.2, 0) is 11.2 Å². The van der Waals surface area contributed by atoms with Crippen LogP contribution in [0.5, 0.6) is 0 Å². The monoisotopic (exact) mass is 269 g/mol. The van der Waals surface area contributed by atoms with Crippen LogP contribution in [0.1, 0.15) is 27.0 Å². The van der Waals surface area contributed by atoms with E-state index in [1.54, 1.807) is 16.2 Å². The average Bonchev–Trinajstić information content (AvgIpc) is 2.79. The van der Waals surface area contributed by atoms with Crippen molar-refractivity contribution >= 4 is 17.2 Å². The number of thiophene rings is 1. The number of nitrogens with zero attached hydrogens (tertiary/aromatic N) is 1. The smallest absolute Gasteiger partial charge is 0.264 e. The Morgan fingerprint density at radius 2 is 2.44 bits per heavy atom. The fourth-order valence-electron chi connectivity index (χ4n) is 2.15. The van der Waals surface area contributed by atoms with Gasteiger partial charge in [0, 0.05) is 18.0 Å². The van der Waals surface area contributed by atoms with Gasteiger partial charge >= 0.3 is 0 Å². The fourth-order valence-corrected chi connectivity index (χ4v) is 3.23. The molecule has 2 heterocycles. The van der Waals surface area contributed by atoms with Crippen molar-refractivity contribution in [3.05, 3.63) is 21.4 Å². The van der Waals surface area contributed by atoms with Gasteiger partial charge in [-0.05, 0) is 25.0 Å². The van der Waals surface area contributed by atoms with E-state index < -0.39 is 0 Å². The predicted octanol–water partition coefficient (Wildman–Crippen LogP) is 1.45. The van der Waals surface area contributed by atoms with Crippen molar-refractivity contribution in [2.45, 2.75) is 26.4 Å². The first-order chi connectivity index (χ1) is 8.65. The second kappa shape index (κ2) is 5.82. The number of carbonyl (C=O) groups excluding carboxylic acids is 1. The maximum atomic E-state index is 12.3. The van der Waals surface area contributed by atoms with Crippen LogP contribution in [0.4, 0.5) is 0 Å². The van der Waals surface area contributed by atoms with Crippen LogP contribution >= 0.6 is 11.3 Å². The molecular formula is C13H19NO3S. The van der Waals surface area contributed by atoms with E-state index in [1.807, 2.05) is 13.0 Å². The average molecular weight is 269 g/mol. The van der Waals surface area contributed by atoms with E-state index >= 15 is 0 Å². The van der Waals surface area contributed by atoms with Gasteiger partial charge in [0.25, 0.3) is 5.91 Å². The highest BCUT2D eigenvalue weighted by Gasteiger charge is 2.25. The Bertz CT molecular complexity index is 430. The molecule has 1 aliphatic rings. The zero-order valence-electron chi connectivity index (χ0n) is 10.8. The van der Waals surface area contributed by atoms with Crippen LogP contribution in [0.2, 0.25) is 0 Å². The molecule has 18 heavy (non-hydrogen) atoms. The van der Waals surface area contributed by atoms with E-state index in [-0.39, 0.29) is 18.6 Å². The highest BCUT2D eigenvalue weighted by atomic mass is 32.1. The second-order valence-electron chi connectivity index (χ2n) is 4.50. The summed E-state index contributed by atoms with van der Waals surface area (Å²) in [7, 11) is 0. The van der Waals surface area contributed by atoms with Gasteiger partial charge in [0.1, 0.15) is 0 Å². The zero-order valence-corrected chi connectivity index (χ0v) is 11.6. The van der Waals surface area contributed by atoms with Crippen molar-refractivity contribution < 1.29 is 14.6 Å². The lowest BCUT2D eigenvalue weighted by Crippen LogP contribution is -2.46. The molecule has 1 unspecified atom stereocenters. The molecule has 1 atom stereocenters. The number of aryl methyl sites for hydroxylation is 2. The molecule has 4 nitrogen and oxygen atoms in total. The molecule has 0 aliphatic carbocycles. The first-order valence-corrected chi connectivity index (χ1v) is 7.08. The Balaban J connectivity index is 2.10. The molecule has 1 amide bonds. The number of morpholine rings is 1. The summed E-state index contributed by atoms with van der Waals surface area (Å²) in [6, 6.07) is 1.97. The van der Waals surface area contributed by atoms with Crippen molar-refractivity contribution in [1.82, 2.24) is 4.90 Å². The summed E-state index contributed by atoms with van der Waals surface area (Å²) in [5.74, 6) is 0.0598. The predicted molar refractivity (Wildman–Crippen MR) is 71.2 cm³/mol. The standard InChI is InChI=1S/C13H19NO3S/c1-3-11-9(2)6-12(18-11)13(16)14-4-5-17-10(7-14)8-15/h6,10,15H,3-5,7-8H2,1-2H3. The molecule has 0 radical (unpaired) electrons. The van der Waals surface area contributed by atoms with Gasteiger partial charge in [-0.15, -0.1) is 11.3 Å². The summed E-state index contributed by atoms with van der Waals surface area (Å²) >= 11 is 1.58. The molecule has 1 aromatic heterocycles. The molecule has 100 valence electrons. The van der Waals surface area contributed by atoms with E-state index in [1.165, 1.54) is 10.4 Å². The molecule has 0 aromatic carbocycles. The van der Waals surface area contributed by atoms with Crippen LogP contribution in [0.15, 0.2) is 6.07 Å². The van der Waals surface area contributed by atoms with Gasteiger partial charge in [0.2, 0.25) is 0 Å². The number of aliphatic hydroxyl groups is 1. The Hall–Kier alpha value is -0.910. The molecule has 1 aliphatic heterocycles. The van der Waals surface area contributed by atoms with E-state index in [4.69, 9.17) is 9.84 Å². The van der Waals surface area contributed by atoms with Crippen molar-refractivity contribution in [2.75, 3.05) is 26.3 Å². The first kappa shape index (κ1) is 13.5. The molecule has 1 N–H and O–H groups in total. The number of hydrogen-bond donors (Lipinski definition) is 1. The summed E-state index contributed by atoms with van der Waals surface area (Å²) in [5, 5.41) is 9.09. The third kappa shape index (κ3) is 2.74. The largest absolute Gasteiger partial charge is 0.394 e. The number of carbonyl (C=O) groups is 1. The maximum Gasteiger partial charge on any atom is 0.264 e. The van der Waals surface area contributed by atoms with E-state index in [0.717, 1.165) is 11.3 Å². The Labute approximate surface area is 111 Å². The number of ether oxygens (including phenoxy) is 1. The van der Waals surface area contributed by atoms with Gasteiger partial charge in [-0.2, -0.15) is 0 Å². The fraction of sp³-hybridized carbons (Fsp3) is 0.615. The minimum Gasteiger partial charge on any atom is -0.394 e. The van der Waals surface area contributed by atoms with Gasteiger partial charge in [-0.3, -0.25) is 4.79 Å². The van der Waals surface area contributed by atoms with Crippen molar-refractivity contribution in [3.8, 4) is 0 Å². The molecule has 2 rings (SSSR count). The third-order valence-corrected chi connectivity index (χ3v) is 4.55. The summed E-state index contributed by atoms with van der Waals surface area (Å²) in [5.41, 5.74) is 1.19. The van der Waals surface area contributed by atoms with Gasteiger partial charge in [-0.1, -0.05) is 6.92 Å². The van der Waals surface area contributed by atoms with Crippen molar-refractivity contribution in [1.29, 1.82) is 0 Å². The summed E-state index contributed by atoms with van der Waals surface area (Å²) < 4.78 is 5.35. The molecular weight excluding hydrogens is 250 g/mol. The SMILES string of the molecule is CCc1sc(C(=O)N2CCOC(CO)C2)cc1C. The lowest BCUT2D eigenvalue weighted by atomic mass is 10.2. The van der Waals surface area contributed by atoms with Crippen molar-refractivity contribution in [3.63, 3.8) is 0 Å². The minimum absolute atomic E-state index is 0.0343. The molecule has 0 saturated carbocycles. The van der Waals surface area contributed by atoms with Crippen LogP contribution in [-0.4, -0.2) is 48.3 Å². The highest BCUT2D eigenvalue weighted by Crippen LogP contribution is 2.24. The molecule has 1 saturated heterocycles. The third-order valence-electron chi connectivity index (χ3n) is 3.18. The van der Waals surface area contributed by atoms with Crippen LogP contribution < -0.4 is 0 Å². The van der Waals surface area contributed by atoms with Gasteiger partial charge in [0.15, 0.2) is 0 Å². The number of aliphatic hydroxyl groups excluding tert-OH is 1. The van der Waals surface area contributed by atoms with Crippen molar-refractivity contribution in [2.24, 2.45) is 0 Å². The minimum atomic E-state index is -0.241. The van der Waals surface area contributed by atoms with Crippen LogP contribution in [0.25, 0.3) is 0 Å². The maximum absolute atomic E-state index is 12.3. The normalized spacial score (nSPS) is 20.2. The molecule has 0 bridgehead atoms. The van der Waals surface area contributed by atoms with Gasteiger partial charge in [0.05, 0.1) is 24.2 Å². The topological polar surface area (TPSA) is 49.8 Å². The summed E-state index contributed by atoms with van der Waals surface area (Å²) in [6.45, 7) is 5.70. The molecule has 1 aromatic rings. The first-order valence-electron chi connectivity index (χ1n) is 6.26. The number of rotatable bonds is 3. The van der Waals surface area contributed by atoms with Crippen LogP contribution in [0, 0.1) is 6.92 Å². The molecule has 1 fully saturated rings. The lowest BCUT2D eigenvalue weighted by molar-refractivity contribution is -0.0446. The van der Waals surface area contributed by atoms with Gasteiger partial charge < -0.3 is 14.7 Å². The van der Waals surface area contributed by atoms with Gasteiger partial charge in [-0.25, -0.2) is 0 Å². The Morgan fingerprint density at radius 3 is 3.06 bits per heavy atom. The Morgan fingerprint density at radius 1 is 1.67 bits per heavy atom.